The summed E-state index contributed by atoms with van der Waals surface area (Å²) in [7, 11) is 0. The van der Waals surface area contributed by atoms with Crippen LogP contribution in [0.4, 0.5) is 0 Å². The second-order valence-corrected chi connectivity index (χ2v) is 4.71. The van der Waals surface area contributed by atoms with Gasteiger partial charge in [0.1, 0.15) is 0 Å². The number of rotatable bonds is 2. The lowest BCUT2D eigenvalue weighted by Gasteiger charge is -2.09. The van der Waals surface area contributed by atoms with Crippen LogP contribution in [0.15, 0.2) is 36.4 Å². The van der Waals surface area contributed by atoms with Crippen molar-refractivity contribution >= 4 is 17.6 Å². The van der Waals surface area contributed by atoms with Gasteiger partial charge in [-0.15, -0.1) is 0 Å². The van der Waals surface area contributed by atoms with Crippen molar-refractivity contribution in [2.45, 2.75) is 13.8 Å². The van der Waals surface area contributed by atoms with Gasteiger partial charge in [0, 0.05) is 5.02 Å². The van der Waals surface area contributed by atoms with E-state index in [-0.39, 0.29) is 0 Å². The van der Waals surface area contributed by atoms with Crippen LogP contribution >= 0.6 is 11.6 Å². The van der Waals surface area contributed by atoms with E-state index < -0.39 is 5.97 Å². The number of carboxylic acids is 1. The monoisotopic (exact) mass is 260 g/mol. The first-order valence-electron chi connectivity index (χ1n) is 5.59. The van der Waals surface area contributed by atoms with Gasteiger partial charge in [-0.05, 0) is 60.4 Å². The zero-order valence-electron chi connectivity index (χ0n) is 10.2. The predicted molar refractivity (Wildman–Crippen MR) is 73.3 cm³/mol. The Morgan fingerprint density at radius 2 is 1.67 bits per heavy atom. The molecule has 3 heteroatoms. The molecule has 0 unspecified atom stereocenters. The SMILES string of the molecule is Cc1cc(-c2ccc(C(=O)O)cc2)c(C)cc1Cl. The van der Waals surface area contributed by atoms with Crippen molar-refractivity contribution in [3.63, 3.8) is 0 Å². The van der Waals surface area contributed by atoms with Crippen LogP contribution in [0.25, 0.3) is 11.1 Å². The number of hydrogen-bond donors (Lipinski definition) is 1. The summed E-state index contributed by atoms with van der Waals surface area (Å²) in [5.74, 6) is -0.912. The molecule has 2 rings (SSSR count). The third-order valence-corrected chi connectivity index (χ3v) is 3.36. The second kappa shape index (κ2) is 4.83. The highest BCUT2D eigenvalue weighted by atomic mass is 35.5. The summed E-state index contributed by atoms with van der Waals surface area (Å²) in [5, 5.41) is 9.61. The molecule has 0 aliphatic carbocycles. The molecule has 0 aromatic heterocycles. The summed E-state index contributed by atoms with van der Waals surface area (Å²) < 4.78 is 0. The number of carboxylic acid groups (broad SMARTS) is 1. The number of hydrogen-bond acceptors (Lipinski definition) is 1. The molecule has 0 heterocycles. The van der Waals surface area contributed by atoms with Gasteiger partial charge in [-0.1, -0.05) is 23.7 Å². The van der Waals surface area contributed by atoms with Crippen LogP contribution < -0.4 is 0 Å². The fraction of sp³-hybridized carbons (Fsp3) is 0.133. The van der Waals surface area contributed by atoms with E-state index in [9.17, 15) is 4.79 Å². The van der Waals surface area contributed by atoms with Gasteiger partial charge in [-0.2, -0.15) is 0 Å². The number of aryl methyl sites for hydroxylation is 2. The lowest BCUT2D eigenvalue weighted by Crippen LogP contribution is -1.95. The highest BCUT2D eigenvalue weighted by Crippen LogP contribution is 2.28. The molecule has 0 fully saturated rings. The van der Waals surface area contributed by atoms with Gasteiger partial charge in [-0.3, -0.25) is 0 Å². The van der Waals surface area contributed by atoms with Gasteiger partial charge >= 0.3 is 5.97 Å². The Kier molecular flexibility index (Phi) is 3.39. The van der Waals surface area contributed by atoms with Crippen molar-refractivity contribution in [2.24, 2.45) is 0 Å². The van der Waals surface area contributed by atoms with Crippen molar-refractivity contribution in [3.05, 3.63) is 58.1 Å². The molecule has 18 heavy (non-hydrogen) atoms. The molecule has 2 nitrogen and oxygen atoms in total. The molecule has 0 saturated carbocycles. The maximum Gasteiger partial charge on any atom is 0.335 e. The molecular weight excluding hydrogens is 248 g/mol. The Balaban J connectivity index is 2.49. The largest absolute Gasteiger partial charge is 0.478 e. The van der Waals surface area contributed by atoms with Crippen molar-refractivity contribution in [2.75, 3.05) is 0 Å². The van der Waals surface area contributed by atoms with E-state index in [1.165, 1.54) is 0 Å². The summed E-state index contributed by atoms with van der Waals surface area (Å²) in [4.78, 5) is 10.8. The van der Waals surface area contributed by atoms with Crippen molar-refractivity contribution < 1.29 is 9.90 Å². The third-order valence-electron chi connectivity index (χ3n) is 2.95. The van der Waals surface area contributed by atoms with Gasteiger partial charge in [0.25, 0.3) is 0 Å². The van der Waals surface area contributed by atoms with Gasteiger partial charge in [0.05, 0.1) is 5.56 Å². The van der Waals surface area contributed by atoms with Crippen LogP contribution in [0.1, 0.15) is 21.5 Å². The molecule has 0 bridgehead atoms. The van der Waals surface area contributed by atoms with E-state index in [2.05, 4.69) is 0 Å². The van der Waals surface area contributed by atoms with E-state index in [0.29, 0.717) is 5.56 Å². The normalized spacial score (nSPS) is 10.4. The topological polar surface area (TPSA) is 37.3 Å². The first-order valence-corrected chi connectivity index (χ1v) is 5.97. The number of halogens is 1. The first kappa shape index (κ1) is 12.7. The smallest absolute Gasteiger partial charge is 0.335 e. The molecule has 0 aliphatic heterocycles. The highest BCUT2D eigenvalue weighted by molar-refractivity contribution is 6.31. The van der Waals surface area contributed by atoms with Crippen LogP contribution in [-0.4, -0.2) is 11.1 Å². The molecule has 0 saturated heterocycles. The number of benzene rings is 2. The predicted octanol–water partition coefficient (Wildman–Crippen LogP) is 4.32. The molecule has 2 aromatic rings. The third kappa shape index (κ3) is 2.39. The number of carbonyl (C=O) groups is 1. The lowest BCUT2D eigenvalue weighted by molar-refractivity contribution is 0.0697. The summed E-state index contributed by atoms with van der Waals surface area (Å²) in [6, 6.07) is 10.8. The standard InChI is InChI=1S/C15H13ClO2/c1-9-8-14(16)10(2)7-13(9)11-3-5-12(6-4-11)15(17)18/h3-8H,1-2H3,(H,17,18). The minimum Gasteiger partial charge on any atom is -0.478 e. The highest BCUT2D eigenvalue weighted by Gasteiger charge is 2.07. The Hall–Kier alpha value is -1.80. The summed E-state index contributed by atoms with van der Waals surface area (Å²) >= 11 is 6.06. The van der Waals surface area contributed by atoms with E-state index in [1.54, 1.807) is 12.1 Å². The zero-order chi connectivity index (χ0) is 13.3. The van der Waals surface area contributed by atoms with Crippen molar-refractivity contribution in [1.29, 1.82) is 0 Å². The van der Waals surface area contributed by atoms with Gasteiger partial charge < -0.3 is 5.11 Å². The van der Waals surface area contributed by atoms with E-state index in [4.69, 9.17) is 16.7 Å². The molecule has 0 atom stereocenters. The Morgan fingerprint density at radius 3 is 2.22 bits per heavy atom. The van der Waals surface area contributed by atoms with Crippen LogP contribution in [0.2, 0.25) is 5.02 Å². The first-order chi connectivity index (χ1) is 8.49. The zero-order valence-corrected chi connectivity index (χ0v) is 11.0. The van der Waals surface area contributed by atoms with E-state index in [1.807, 2.05) is 38.1 Å². The average Bonchev–Trinajstić information content (AvgIpc) is 2.34. The Bertz CT molecular complexity index is 601. The van der Waals surface area contributed by atoms with E-state index >= 15 is 0 Å². The van der Waals surface area contributed by atoms with Crippen molar-refractivity contribution in [1.82, 2.24) is 0 Å². The van der Waals surface area contributed by atoms with Crippen molar-refractivity contribution in [3.8, 4) is 11.1 Å². The fourth-order valence-corrected chi connectivity index (χ4v) is 2.10. The number of aromatic carboxylic acids is 1. The molecule has 0 aliphatic rings. The summed E-state index contributed by atoms with van der Waals surface area (Å²) in [6.45, 7) is 3.95. The average molecular weight is 261 g/mol. The van der Waals surface area contributed by atoms with Crippen LogP contribution in [0.5, 0.6) is 0 Å². The molecule has 0 radical (unpaired) electrons. The maximum atomic E-state index is 10.8. The minimum absolute atomic E-state index is 0.294. The Labute approximate surface area is 111 Å². The summed E-state index contributed by atoms with van der Waals surface area (Å²) in [5.41, 5.74) is 4.46. The van der Waals surface area contributed by atoms with Gasteiger partial charge in [0.15, 0.2) is 0 Å². The maximum absolute atomic E-state index is 10.8. The molecule has 2 aromatic carbocycles. The quantitative estimate of drug-likeness (QED) is 0.873. The Morgan fingerprint density at radius 1 is 1.06 bits per heavy atom. The van der Waals surface area contributed by atoms with Crippen LogP contribution in [0.3, 0.4) is 0 Å². The molecular formula is C15H13ClO2. The lowest BCUT2D eigenvalue weighted by atomic mass is 9.97. The minimum atomic E-state index is -0.912. The molecule has 0 spiro atoms. The van der Waals surface area contributed by atoms with E-state index in [0.717, 1.165) is 27.3 Å². The summed E-state index contributed by atoms with van der Waals surface area (Å²) in [6.07, 6.45) is 0. The molecule has 1 N–H and O–H groups in total. The fourth-order valence-electron chi connectivity index (χ4n) is 1.88. The molecule has 92 valence electrons. The van der Waals surface area contributed by atoms with Gasteiger partial charge in [0.2, 0.25) is 0 Å². The van der Waals surface area contributed by atoms with Crippen LogP contribution in [0, 0.1) is 13.8 Å². The van der Waals surface area contributed by atoms with Gasteiger partial charge in [-0.25, -0.2) is 4.79 Å². The van der Waals surface area contributed by atoms with Crippen LogP contribution in [-0.2, 0) is 0 Å². The second-order valence-electron chi connectivity index (χ2n) is 4.30. The molecule has 0 amide bonds.